The topological polar surface area (TPSA) is 126 Å². The highest BCUT2D eigenvalue weighted by Gasteiger charge is 2.30. The number of carbonyl (C=O) groups is 1. The zero-order valence-electron chi connectivity index (χ0n) is 15.9. The normalized spacial score (nSPS) is 16.1. The number of anilines is 1. The minimum absolute atomic E-state index is 0.0718. The number of nitrogens with one attached hydrogen (secondary N) is 1. The Morgan fingerprint density at radius 1 is 1.36 bits per heavy atom. The molecule has 1 saturated heterocycles. The summed E-state index contributed by atoms with van der Waals surface area (Å²) in [7, 11) is -3.48. The lowest BCUT2D eigenvalue weighted by atomic mass is 10.2. The lowest BCUT2D eigenvalue weighted by Crippen LogP contribution is -2.55. The van der Waals surface area contributed by atoms with E-state index in [1.807, 2.05) is 11.2 Å². The molecule has 0 aliphatic carbocycles. The number of nitro groups is 1. The van der Waals surface area contributed by atoms with E-state index in [2.05, 4.69) is 9.71 Å². The van der Waals surface area contributed by atoms with Crippen molar-refractivity contribution in [2.45, 2.75) is 19.4 Å². The van der Waals surface area contributed by atoms with Crippen molar-refractivity contribution in [3.8, 4) is 0 Å². The van der Waals surface area contributed by atoms with Crippen LogP contribution in [0.3, 0.4) is 0 Å². The quantitative estimate of drug-likeness (QED) is 0.447. The maximum absolute atomic E-state index is 12.8. The fourth-order valence-corrected chi connectivity index (χ4v) is 4.11. The van der Waals surface area contributed by atoms with Gasteiger partial charge in [0.15, 0.2) is 0 Å². The zero-order valence-corrected chi connectivity index (χ0v) is 17.5. The lowest BCUT2D eigenvalue weighted by Gasteiger charge is -2.37. The molecule has 0 radical (unpaired) electrons. The molecule has 2 heterocycles. The van der Waals surface area contributed by atoms with Crippen LogP contribution in [0.1, 0.15) is 13.3 Å². The molecule has 1 aliphatic heterocycles. The van der Waals surface area contributed by atoms with Gasteiger partial charge >= 0.3 is 0 Å². The smallest absolute Gasteiger partial charge is 0.287 e. The van der Waals surface area contributed by atoms with Gasteiger partial charge in [-0.1, -0.05) is 0 Å². The summed E-state index contributed by atoms with van der Waals surface area (Å²) in [5.74, 6) is 0.996. The SMILES string of the molecule is CCS(=O)(=O)NC(CCSC)C(=O)N1CCN(c2ccc([N+](=O)[O-])cn2)CC1. The van der Waals surface area contributed by atoms with Crippen molar-refractivity contribution in [1.82, 2.24) is 14.6 Å². The van der Waals surface area contributed by atoms with Crippen LogP contribution in [-0.4, -0.2) is 79.1 Å². The number of hydrogen-bond donors (Lipinski definition) is 1. The first-order valence-corrected chi connectivity index (χ1v) is 11.9. The van der Waals surface area contributed by atoms with E-state index in [1.165, 1.54) is 19.2 Å². The molecule has 0 spiro atoms. The van der Waals surface area contributed by atoms with E-state index in [9.17, 15) is 23.3 Å². The molecule has 1 N–H and O–H groups in total. The predicted molar refractivity (Wildman–Crippen MR) is 109 cm³/mol. The van der Waals surface area contributed by atoms with Crippen LogP contribution >= 0.6 is 11.8 Å². The van der Waals surface area contributed by atoms with Crippen LogP contribution < -0.4 is 9.62 Å². The van der Waals surface area contributed by atoms with E-state index in [0.717, 1.165) is 0 Å². The second-order valence-electron chi connectivity index (χ2n) is 6.30. The van der Waals surface area contributed by atoms with Crippen molar-refractivity contribution in [3.63, 3.8) is 0 Å². The third kappa shape index (κ3) is 6.04. The molecule has 1 aliphatic rings. The third-order valence-corrected chi connectivity index (χ3v) is 6.52. The Hall–Kier alpha value is -1.92. The lowest BCUT2D eigenvalue weighted by molar-refractivity contribution is -0.385. The Balaban J connectivity index is 1.99. The number of sulfonamides is 1. The number of pyridine rings is 1. The van der Waals surface area contributed by atoms with E-state index < -0.39 is 21.0 Å². The average molecular weight is 432 g/mol. The second-order valence-corrected chi connectivity index (χ2v) is 9.33. The molecule has 0 saturated carbocycles. The first-order valence-electron chi connectivity index (χ1n) is 8.90. The van der Waals surface area contributed by atoms with Crippen molar-refractivity contribution in [1.29, 1.82) is 0 Å². The molecular formula is C16H25N5O5S2. The predicted octanol–water partition coefficient (Wildman–Crippen LogP) is 0.699. The van der Waals surface area contributed by atoms with Gasteiger partial charge in [0.2, 0.25) is 15.9 Å². The standard InChI is InChI=1S/C16H25N5O5S2/c1-3-28(25,26)18-14(6-11-27-2)16(22)20-9-7-19(8-10-20)15-5-4-13(12-17-15)21(23)24/h4-5,12,14,18H,3,6-11H2,1-2H3. The van der Waals surface area contributed by atoms with Gasteiger partial charge in [-0.2, -0.15) is 11.8 Å². The molecule has 0 aromatic carbocycles. The number of rotatable bonds is 9. The molecule has 1 unspecified atom stereocenters. The van der Waals surface area contributed by atoms with Gasteiger partial charge < -0.3 is 9.80 Å². The minimum Gasteiger partial charge on any atom is -0.353 e. The Morgan fingerprint density at radius 2 is 2.04 bits per heavy atom. The van der Waals surface area contributed by atoms with Crippen molar-refractivity contribution in [2.75, 3.05) is 48.8 Å². The zero-order chi connectivity index (χ0) is 20.7. The molecule has 1 aromatic rings. The molecule has 1 atom stereocenters. The van der Waals surface area contributed by atoms with E-state index in [1.54, 1.807) is 22.7 Å². The van der Waals surface area contributed by atoms with Gasteiger partial charge in [0, 0.05) is 32.2 Å². The second kappa shape index (κ2) is 10.0. The van der Waals surface area contributed by atoms with E-state index >= 15 is 0 Å². The highest BCUT2D eigenvalue weighted by atomic mass is 32.2. The van der Waals surface area contributed by atoms with E-state index in [0.29, 0.717) is 44.2 Å². The van der Waals surface area contributed by atoms with Crippen LogP contribution in [-0.2, 0) is 14.8 Å². The Bertz CT molecular complexity index is 779. The van der Waals surface area contributed by atoms with Crippen LogP contribution in [0, 0.1) is 10.1 Å². The number of aromatic nitrogens is 1. The summed E-state index contributed by atoms with van der Waals surface area (Å²) >= 11 is 1.56. The molecule has 1 amide bonds. The number of hydrogen-bond acceptors (Lipinski definition) is 8. The Labute approximate surface area is 168 Å². The fourth-order valence-electron chi connectivity index (χ4n) is 2.82. The number of nitrogens with zero attached hydrogens (tertiary/aromatic N) is 4. The summed E-state index contributed by atoms with van der Waals surface area (Å²) in [5, 5.41) is 10.7. The van der Waals surface area contributed by atoms with Gasteiger partial charge in [-0.25, -0.2) is 18.1 Å². The van der Waals surface area contributed by atoms with Gasteiger partial charge in [-0.05, 0) is 31.4 Å². The van der Waals surface area contributed by atoms with Crippen molar-refractivity contribution < 1.29 is 18.1 Å². The van der Waals surface area contributed by atoms with Crippen molar-refractivity contribution >= 4 is 39.2 Å². The summed E-state index contributed by atoms with van der Waals surface area (Å²) in [6.07, 6.45) is 3.56. The molecule has 1 aromatic heterocycles. The molecular weight excluding hydrogens is 406 g/mol. The minimum atomic E-state index is -3.48. The Kier molecular flexibility index (Phi) is 8.01. The molecule has 10 nitrogen and oxygen atoms in total. The first-order chi connectivity index (χ1) is 13.3. The van der Waals surface area contributed by atoms with E-state index in [-0.39, 0.29) is 17.3 Å². The fraction of sp³-hybridized carbons (Fsp3) is 0.625. The van der Waals surface area contributed by atoms with Gasteiger partial charge in [-0.15, -0.1) is 0 Å². The van der Waals surface area contributed by atoms with Crippen LogP contribution in [0.2, 0.25) is 0 Å². The number of thioether (sulfide) groups is 1. The van der Waals surface area contributed by atoms with Crippen molar-refractivity contribution in [2.24, 2.45) is 0 Å². The summed E-state index contributed by atoms with van der Waals surface area (Å²) in [6, 6.07) is 2.23. The average Bonchev–Trinajstić information content (AvgIpc) is 2.70. The maximum atomic E-state index is 12.8. The van der Waals surface area contributed by atoms with E-state index in [4.69, 9.17) is 0 Å². The number of piperazine rings is 1. The van der Waals surface area contributed by atoms with Gasteiger partial charge in [-0.3, -0.25) is 14.9 Å². The molecule has 156 valence electrons. The van der Waals surface area contributed by atoms with Crippen LogP contribution in [0.4, 0.5) is 11.5 Å². The largest absolute Gasteiger partial charge is 0.353 e. The van der Waals surface area contributed by atoms with Crippen LogP contribution in [0.25, 0.3) is 0 Å². The summed E-state index contributed by atoms with van der Waals surface area (Å²) in [5.41, 5.74) is -0.0718. The monoisotopic (exact) mass is 431 g/mol. The highest BCUT2D eigenvalue weighted by molar-refractivity contribution is 7.98. The number of amides is 1. The molecule has 1 fully saturated rings. The third-order valence-electron chi connectivity index (χ3n) is 4.47. The molecule has 12 heteroatoms. The highest BCUT2D eigenvalue weighted by Crippen LogP contribution is 2.18. The van der Waals surface area contributed by atoms with Crippen LogP contribution in [0.5, 0.6) is 0 Å². The molecule has 28 heavy (non-hydrogen) atoms. The number of carbonyl (C=O) groups excluding carboxylic acids is 1. The van der Waals surface area contributed by atoms with Crippen LogP contribution in [0.15, 0.2) is 18.3 Å². The summed E-state index contributed by atoms with van der Waals surface area (Å²) < 4.78 is 26.4. The molecule has 0 bridgehead atoms. The molecule has 2 rings (SSSR count). The van der Waals surface area contributed by atoms with Crippen molar-refractivity contribution in [3.05, 3.63) is 28.4 Å². The van der Waals surface area contributed by atoms with Gasteiger partial charge in [0.1, 0.15) is 18.1 Å². The summed E-state index contributed by atoms with van der Waals surface area (Å²) in [6.45, 7) is 3.44. The maximum Gasteiger partial charge on any atom is 0.287 e. The summed E-state index contributed by atoms with van der Waals surface area (Å²) in [4.78, 5) is 30.8. The van der Waals surface area contributed by atoms with Gasteiger partial charge in [0.25, 0.3) is 5.69 Å². The van der Waals surface area contributed by atoms with Gasteiger partial charge in [0.05, 0.1) is 10.7 Å². The Morgan fingerprint density at radius 3 is 2.54 bits per heavy atom. The first kappa shape index (κ1) is 22.4.